The van der Waals surface area contributed by atoms with Crippen molar-refractivity contribution in [1.29, 1.82) is 0 Å². The molecule has 4 rings (SSSR count). The molecule has 0 aliphatic carbocycles. The molecular weight excluding hydrogens is 486 g/mol. The van der Waals surface area contributed by atoms with Crippen molar-refractivity contribution < 1.29 is 24.0 Å². The van der Waals surface area contributed by atoms with Crippen molar-refractivity contribution in [1.82, 2.24) is 19.9 Å². The van der Waals surface area contributed by atoms with Crippen molar-refractivity contribution in [3.05, 3.63) is 60.5 Å². The molecule has 1 unspecified atom stereocenters. The average molecular weight is 520 g/mol. The van der Waals surface area contributed by atoms with Gasteiger partial charge in [-0.3, -0.25) is 0 Å². The summed E-state index contributed by atoms with van der Waals surface area (Å²) in [7, 11) is 0. The summed E-state index contributed by atoms with van der Waals surface area (Å²) in [6, 6.07) is 17.4. The van der Waals surface area contributed by atoms with Gasteiger partial charge in [-0.1, -0.05) is 59.8 Å². The normalized spacial score (nSPS) is 16.1. The Kier molecular flexibility index (Phi) is 7.26. The summed E-state index contributed by atoms with van der Waals surface area (Å²) in [5.74, 6) is 0.694. The molecule has 2 amide bonds. The largest absolute Gasteiger partial charge is 0.465 e. The molecule has 1 aromatic heterocycles. The molecule has 0 spiro atoms. The van der Waals surface area contributed by atoms with Crippen LogP contribution in [-0.2, 0) is 4.74 Å². The second-order valence-corrected chi connectivity index (χ2v) is 11.1. The summed E-state index contributed by atoms with van der Waals surface area (Å²) in [4.78, 5) is 36.3. The smallest absolute Gasteiger partial charge is 0.437 e. The lowest BCUT2D eigenvalue weighted by atomic mass is 10.0. The maximum absolute atomic E-state index is 12.6. The lowest BCUT2D eigenvalue weighted by molar-refractivity contribution is 0.0578. The number of aliphatic imine (C=N–C) groups is 1. The standard InChI is InChI=1S/C28H33N5O5/c1-27(2,3)33(26(35)36)24(30-25(34)37-28(4,5)6)32-17-16-21(32)23-29-22(31-38-23)20-14-12-19(13-15-20)18-10-8-7-9-11-18/h7-15,21H,16-17H2,1-6H3,(H,35,36). The third-order valence-electron chi connectivity index (χ3n) is 5.90. The van der Waals surface area contributed by atoms with Crippen molar-refractivity contribution in [2.75, 3.05) is 6.54 Å². The van der Waals surface area contributed by atoms with E-state index in [2.05, 4.69) is 15.1 Å². The first-order valence-electron chi connectivity index (χ1n) is 12.4. The highest BCUT2D eigenvalue weighted by Gasteiger charge is 2.43. The van der Waals surface area contributed by atoms with E-state index in [0.717, 1.165) is 21.6 Å². The van der Waals surface area contributed by atoms with Crippen molar-refractivity contribution in [2.24, 2.45) is 4.99 Å². The van der Waals surface area contributed by atoms with Gasteiger partial charge in [0.2, 0.25) is 17.7 Å². The Labute approximate surface area is 221 Å². The number of aromatic nitrogens is 2. The van der Waals surface area contributed by atoms with Gasteiger partial charge >= 0.3 is 12.2 Å². The molecular formula is C28H33N5O5. The Bertz CT molecular complexity index is 1320. The first-order chi connectivity index (χ1) is 17.8. The first kappa shape index (κ1) is 26.8. The number of hydrogen-bond donors (Lipinski definition) is 1. The van der Waals surface area contributed by atoms with Gasteiger partial charge in [0.25, 0.3) is 0 Å². The first-order valence-corrected chi connectivity index (χ1v) is 12.4. The Hall–Kier alpha value is -4.21. The van der Waals surface area contributed by atoms with Crippen LogP contribution < -0.4 is 0 Å². The fourth-order valence-corrected chi connectivity index (χ4v) is 4.10. The van der Waals surface area contributed by atoms with E-state index in [-0.39, 0.29) is 5.96 Å². The number of carbonyl (C=O) groups is 2. The number of amides is 2. The second-order valence-electron chi connectivity index (χ2n) is 11.1. The van der Waals surface area contributed by atoms with Crippen LogP contribution >= 0.6 is 0 Å². The number of carbonyl (C=O) groups excluding carboxylic acids is 1. The van der Waals surface area contributed by atoms with Gasteiger partial charge in [-0.2, -0.15) is 4.98 Å². The number of rotatable bonds is 3. The van der Waals surface area contributed by atoms with Gasteiger partial charge < -0.3 is 19.3 Å². The molecule has 2 heterocycles. The minimum Gasteiger partial charge on any atom is -0.465 e. The summed E-state index contributed by atoms with van der Waals surface area (Å²) >= 11 is 0. The molecule has 0 bridgehead atoms. The Balaban J connectivity index is 1.61. The number of benzene rings is 2. The summed E-state index contributed by atoms with van der Waals surface area (Å²) in [5, 5.41) is 14.2. The van der Waals surface area contributed by atoms with Crippen molar-refractivity contribution >= 4 is 18.1 Å². The van der Waals surface area contributed by atoms with Gasteiger partial charge in [0.1, 0.15) is 11.6 Å². The highest BCUT2D eigenvalue weighted by Crippen LogP contribution is 2.36. The molecule has 38 heavy (non-hydrogen) atoms. The number of guanidine groups is 1. The molecule has 1 N–H and O–H groups in total. The predicted octanol–water partition coefficient (Wildman–Crippen LogP) is 6.22. The van der Waals surface area contributed by atoms with Crippen molar-refractivity contribution in [2.45, 2.75) is 65.1 Å². The minimum atomic E-state index is -1.24. The van der Waals surface area contributed by atoms with Gasteiger partial charge in [-0.05, 0) is 59.1 Å². The van der Waals surface area contributed by atoms with Gasteiger partial charge in [0, 0.05) is 17.6 Å². The maximum Gasteiger partial charge on any atom is 0.437 e. The molecule has 0 saturated carbocycles. The van der Waals surface area contributed by atoms with Gasteiger partial charge in [-0.25, -0.2) is 14.5 Å². The molecule has 1 aliphatic rings. The molecule has 0 radical (unpaired) electrons. The zero-order chi connectivity index (χ0) is 27.7. The van der Waals surface area contributed by atoms with Crippen LogP contribution in [-0.4, -0.2) is 60.9 Å². The predicted molar refractivity (Wildman–Crippen MR) is 143 cm³/mol. The van der Waals surface area contributed by atoms with Gasteiger partial charge in [0.15, 0.2) is 0 Å². The van der Waals surface area contributed by atoms with E-state index >= 15 is 0 Å². The van der Waals surface area contributed by atoms with Crippen LogP contribution in [0.25, 0.3) is 22.5 Å². The maximum atomic E-state index is 12.6. The summed E-state index contributed by atoms with van der Waals surface area (Å²) < 4.78 is 10.9. The van der Waals surface area contributed by atoms with E-state index < -0.39 is 29.4 Å². The lowest BCUT2D eigenvalue weighted by Gasteiger charge is -2.45. The van der Waals surface area contributed by atoms with Crippen LogP contribution in [0.4, 0.5) is 9.59 Å². The zero-order valence-electron chi connectivity index (χ0n) is 22.5. The molecule has 1 fully saturated rings. The molecule has 3 aromatic rings. The van der Waals surface area contributed by atoms with E-state index in [9.17, 15) is 14.7 Å². The monoisotopic (exact) mass is 519 g/mol. The highest BCUT2D eigenvalue weighted by atomic mass is 16.6. The Morgan fingerprint density at radius 3 is 2.13 bits per heavy atom. The number of ether oxygens (including phenoxy) is 1. The molecule has 1 saturated heterocycles. The van der Waals surface area contributed by atoms with Crippen LogP contribution in [0.1, 0.15) is 59.9 Å². The van der Waals surface area contributed by atoms with Crippen LogP contribution in [0.2, 0.25) is 0 Å². The van der Waals surface area contributed by atoms with Crippen LogP contribution in [0.5, 0.6) is 0 Å². The SMILES string of the molecule is CC(C)(C)OC(=O)N=C(N1CCC1c1nc(-c2ccc(-c3ccccc3)cc2)no1)N(C(=O)O)C(C)(C)C. The third kappa shape index (κ3) is 6.01. The van der Waals surface area contributed by atoms with E-state index in [1.54, 1.807) is 46.4 Å². The van der Waals surface area contributed by atoms with Crippen LogP contribution in [0.15, 0.2) is 64.1 Å². The Morgan fingerprint density at radius 2 is 1.61 bits per heavy atom. The summed E-state index contributed by atoms with van der Waals surface area (Å²) in [6.45, 7) is 10.8. The van der Waals surface area contributed by atoms with Crippen LogP contribution in [0, 0.1) is 0 Å². The van der Waals surface area contributed by atoms with E-state index in [4.69, 9.17) is 9.26 Å². The number of hydrogen-bond acceptors (Lipinski definition) is 6. The van der Waals surface area contributed by atoms with E-state index in [0.29, 0.717) is 24.7 Å². The van der Waals surface area contributed by atoms with Crippen molar-refractivity contribution in [3.63, 3.8) is 0 Å². The quantitative estimate of drug-likeness (QED) is 0.320. The molecule has 200 valence electrons. The molecule has 10 heteroatoms. The van der Waals surface area contributed by atoms with Crippen molar-refractivity contribution in [3.8, 4) is 22.5 Å². The van der Waals surface area contributed by atoms with E-state index in [1.165, 1.54) is 0 Å². The minimum absolute atomic E-state index is 0.0394. The summed E-state index contributed by atoms with van der Waals surface area (Å²) in [6.07, 6.45) is -1.49. The van der Waals surface area contributed by atoms with Gasteiger partial charge in [-0.15, -0.1) is 4.99 Å². The molecule has 10 nitrogen and oxygen atoms in total. The molecule has 1 aliphatic heterocycles. The average Bonchev–Trinajstić information content (AvgIpc) is 3.26. The number of likely N-dealkylation sites (tertiary alicyclic amines) is 1. The highest BCUT2D eigenvalue weighted by molar-refractivity contribution is 5.99. The summed E-state index contributed by atoms with van der Waals surface area (Å²) in [5.41, 5.74) is 1.30. The molecule has 2 aromatic carbocycles. The topological polar surface area (TPSA) is 121 Å². The fraction of sp³-hybridized carbons (Fsp3) is 0.393. The molecule has 1 atom stereocenters. The number of nitrogens with zero attached hydrogens (tertiary/aromatic N) is 5. The van der Waals surface area contributed by atoms with Crippen LogP contribution in [0.3, 0.4) is 0 Å². The van der Waals surface area contributed by atoms with Gasteiger partial charge in [0.05, 0.1) is 0 Å². The fourth-order valence-electron chi connectivity index (χ4n) is 4.10. The third-order valence-corrected chi connectivity index (χ3v) is 5.90. The Morgan fingerprint density at radius 1 is 1.00 bits per heavy atom. The second kappa shape index (κ2) is 10.3. The lowest BCUT2D eigenvalue weighted by Crippen LogP contribution is -2.59. The zero-order valence-corrected chi connectivity index (χ0v) is 22.5. The van der Waals surface area contributed by atoms with E-state index in [1.807, 2.05) is 54.6 Å². The number of carboxylic acid groups (broad SMARTS) is 1.